The van der Waals surface area contributed by atoms with E-state index in [1.807, 2.05) is 0 Å². The van der Waals surface area contributed by atoms with Crippen LogP contribution in [0.1, 0.15) is 46.4 Å². The molecule has 1 heterocycles. The van der Waals surface area contributed by atoms with Crippen LogP contribution in [0.4, 0.5) is 11.4 Å². The van der Waals surface area contributed by atoms with Crippen LogP contribution in [0.15, 0.2) is 24.3 Å². The molecule has 94 valence electrons. The molecule has 2 N–H and O–H groups in total. The number of rotatable bonds is 2. The molecule has 1 aromatic rings. The first-order chi connectivity index (χ1) is 8.42. The zero-order chi connectivity index (χ0) is 11.5. The molecule has 0 amide bonds. The molecule has 0 saturated heterocycles. The quantitative estimate of drug-likeness (QED) is 0.736. The highest BCUT2D eigenvalue weighted by atomic mass is 15.2. The number of benzene rings is 1. The van der Waals surface area contributed by atoms with Gasteiger partial charge in [0.15, 0.2) is 0 Å². The molecule has 0 radical (unpaired) electrons. The highest BCUT2D eigenvalue weighted by Gasteiger charge is 2.22. The third-order valence-electron chi connectivity index (χ3n) is 4.13. The molecule has 0 spiro atoms. The first-order valence-electron chi connectivity index (χ1n) is 7.04. The molecule has 0 aromatic heterocycles. The van der Waals surface area contributed by atoms with Crippen molar-refractivity contribution >= 4 is 11.4 Å². The first kappa shape index (κ1) is 10.9. The smallest absolute Gasteiger partial charge is 0.0967 e. The molecule has 1 saturated carbocycles. The van der Waals surface area contributed by atoms with Crippen molar-refractivity contribution in [1.82, 2.24) is 0 Å². The van der Waals surface area contributed by atoms with Crippen LogP contribution >= 0.6 is 0 Å². The largest absolute Gasteiger partial charge is 0.364 e. The minimum Gasteiger partial charge on any atom is -0.364 e. The lowest BCUT2D eigenvalue weighted by Gasteiger charge is -2.19. The van der Waals surface area contributed by atoms with Gasteiger partial charge in [-0.3, -0.25) is 0 Å². The SMILES string of the molecule is [HH].c1ccc2c(c1)NC(CC1CCCCCC1)N2. The Labute approximate surface area is 105 Å². The van der Waals surface area contributed by atoms with E-state index in [1.165, 1.54) is 56.3 Å². The third kappa shape index (κ3) is 2.56. The van der Waals surface area contributed by atoms with Crippen molar-refractivity contribution in [1.29, 1.82) is 0 Å². The molecule has 1 aliphatic carbocycles. The summed E-state index contributed by atoms with van der Waals surface area (Å²) in [7, 11) is 0. The van der Waals surface area contributed by atoms with Crippen LogP contribution in [0, 0.1) is 5.92 Å². The van der Waals surface area contributed by atoms with Gasteiger partial charge in [0, 0.05) is 1.43 Å². The molecule has 2 nitrogen and oxygen atoms in total. The van der Waals surface area contributed by atoms with Crippen LogP contribution in [-0.4, -0.2) is 6.17 Å². The maximum Gasteiger partial charge on any atom is 0.0967 e. The second-order valence-electron chi connectivity index (χ2n) is 5.48. The Kier molecular flexibility index (Phi) is 3.21. The van der Waals surface area contributed by atoms with Crippen LogP contribution in [0.2, 0.25) is 0 Å². The van der Waals surface area contributed by atoms with Crippen molar-refractivity contribution in [3.8, 4) is 0 Å². The van der Waals surface area contributed by atoms with Gasteiger partial charge in [-0.05, 0) is 24.5 Å². The van der Waals surface area contributed by atoms with Gasteiger partial charge in [0.2, 0.25) is 0 Å². The van der Waals surface area contributed by atoms with Crippen molar-refractivity contribution in [2.45, 2.75) is 51.1 Å². The molecule has 0 unspecified atom stereocenters. The minimum absolute atomic E-state index is 0. The van der Waals surface area contributed by atoms with Crippen molar-refractivity contribution in [3.05, 3.63) is 24.3 Å². The molecule has 3 rings (SSSR count). The van der Waals surface area contributed by atoms with Crippen LogP contribution in [0.5, 0.6) is 0 Å². The van der Waals surface area contributed by atoms with Crippen molar-refractivity contribution in [2.75, 3.05) is 10.6 Å². The normalized spacial score (nSPS) is 21.4. The molecular weight excluding hydrogens is 208 g/mol. The van der Waals surface area contributed by atoms with E-state index in [1.54, 1.807) is 0 Å². The summed E-state index contributed by atoms with van der Waals surface area (Å²) < 4.78 is 0. The molecule has 2 aliphatic rings. The number of nitrogens with one attached hydrogen (secondary N) is 2. The molecule has 1 aliphatic heterocycles. The highest BCUT2D eigenvalue weighted by molar-refractivity contribution is 5.74. The van der Waals surface area contributed by atoms with Gasteiger partial charge < -0.3 is 10.6 Å². The highest BCUT2D eigenvalue weighted by Crippen LogP contribution is 2.33. The summed E-state index contributed by atoms with van der Waals surface area (Å²) in [6, 6.07) is 8.52. The molecule has 2 heteroatoms. The average Bonchev–Trinajstić information content (AvgIpc) is 2.57. The fourth-order valence-electron chi connectivity index (χ4n) is 3.20. The Hall–Kier alpha value is -1.18. The molecule has 1 fully saturated rings. The zero-order valence-corrected chi connectivity index (χ0v) is 10.4. The lowest BCUT2D eigenvalue weighted by Crippen LogP contribution is -2.25. The molecule has 0 bridgehead atoms. The second-order valence-corrected chi connectivity index (χ2v) is 5.48. The van der Waals surface area contributed by atoms with Gasteiger partial charge in [-0.25, -0.2) is 0 Å². The predicted octanol–water partition coefficient (Wildman–Crippen LogP) is 4.46. The fraction of sp³-hybridized carbons (Fsp3) is 0.600. The molecule has 17 heavy (non-hydrogen) atoms. The minimum atomic E-state index is 0. The summed E-state index contributed by atoms with van der Waals surface area (Å²) in [6.07, 6.45) is 10.3. The molecular formula is C15H24N2. The Morgan fingerprint density at radius 3 is 2.12 bits per heavy atom. The van der Waals surface area contributed by atoms with Crippen LogP contribution in [-0.2, 0) is 0 Å². The summed E-state index contributed by atoms with van der Waals surface area (Å²) in [5.74, 6) is 0.914. The number of para-hydroxylation sites is 2. The summed E-state index contributed by atoms with van der Waals surface area (Å²) in [5, 5.41) is 7.18. The lowest BCUT2D eigenvalue weighted by molar-refractivity contribution is 0.413. The standard InChI is InChI=1S/C15H22N2.H2/c1-2-4-8-12(7-3-1)11-15-16-13-9-5-6-10-14(13)17-15;/h5-6,9-10,12,15-17H,1-4,7-8,11H2;1H. The van der Waals surface area contributed by atoms with E-state index < -0.39 is 0 Å². The van der Waals surface area contributed by atoms with Crippen molar-refractivity contribution in [2.24, 2.45) is 5.92 Å². The number of hydrogen-bond acceptors (Lipinski definition) is 2. The second kappa shape index (κ2) is 4.99. The molecule has 0 atom stereocenters. The number of hydrogen-bond donors (Lipinski definition) is 2. The van der Waals surface area contributed by atoms with Gasteiger partial charge in [-0.1, -0.05) is 50.7 Å². The van der Waals surface area contributed by atoms with Crippen molar-refractivity contribution in [3.63, 3.8) is 0 Å². The Morgan fingerprint density at radius 1 is 0.941 bits per heavy atom. The summed E-state index contributed by atoms with van der Waals surface area (Å²) >= 11 is 0. The molecule has 1 aromatic carbocycles. The van der Waals surface area contributed by atoms with Crippen LogP contribution < -0.4 is 10.6 Å². The summed E-state index contributed by atoms with van der Waals surface area (Å²) in [4.78, 5) is 0. The lowest BCUT2D eigenvalue weighted by atomic mass is 9.95. The number of anilines is 2. The number of fused-ring (bicyclic) bond motifs is 1. The van der Waals surface area contributed by atoms with E-state index in [2.05, 4.69) is 34.9 Å². The van der Waals surface area contributed by atoms with E-state index >= 15 is 0 Å². The third-order valence-corrected chi connectivity index (χ3v) is 4.13. The Morgan fingerprint density at radius 2 is 1.53 bits per heavy atom. The van der Waals surface area contributed by atoms with E-state index in [-0.39, 0.29) is 1.43 Å². The van der Waals surface area contributed by atoms with Gasteiger partial charge in [-0.2, -0.15) is 0 Å². The Balaban J connectivity index is 0.00000120. The Bertz CT molecular complexity index is 348. The summed E-state index contributed by atoms with van der Waals surface area (Å²) in [6.45, 7) is 0. The topological polar surface area (TPSA) is 24.1 Å². The van der Waals surface area contributed by atoms with Gasteiger partial charge in [0.05, 0.1) is 17.5 Å². The van der Waals surface area contributed by atoms with Crippen LogP contribution in [0.3, 0.4) is 0 Å². The monoisotopic (exact) mass is 232 g/mol. The van der Waals surface area contributed by atoms with Gasteiger partial charge in [0.25, 0.3) is 0 Å². The van der Waals surface area contributed by atoms with Crippen molar-refractivity contribution < 1.29 is 1.43 Å². The van der Waals surface area contributed by atoms with Gasteiger partial charge >= 0.3 is 0 Å². The zero-order valence-electron chi connectivity index (χ0n) is 10.4. The fourth-order valence-corrected chi connectivity index (χ4v) is 3.20. The van der Waals surface area contributed by atoms with Gasteiger partial charge in [-0.15, -0.1) is 0 Å². The summed E-state index contributed by atoms with van der Waals surface area (Å²) in [5.41, 5.74) is 2.54. The van der Waals surface area contributed by atoms with Crippen LogP contribution in [0.25, 0.3) is 0 Å². The average molecular weight is 232 g/mol. The van der Waals surface area contributed by atoms with Gasteiger partial charge in [0.1, 0.15) is 0 Å². The maximum atomic E-state index is 3.59. The maximum absolute atomic E-state index is 3.59. The first-order valence-corrected chi connectivity index (χ1v) is 7.04. The van der Waals surface area contributed by atoms with E-state index in [0.29, 0.717) is 6.17 Å². The predicted molar refractivity (Wildman–Crippen MR) is 75.4 cm³/mol. The van der Waals surface area contributed by atoms with E-state index in [0.717, 1.165) is 5.92 Å². The van der Waals surface area contributed by atoms with E-state index in [4.69, 9.17) is 0 Å². The van der Waals surface area contributed by atoms with E-state index in [9.17, 15) is 0 Å².